The number of anilines is 1. The maximum atomic E-state index is 12.5. The van der Waals surface area contributed by atoms with Crippen LogP contribution in [0.25, 0.3) is 11.0 Å². The predicted octanol–water partition coefficient (Wildman–Crippen LogP) is 2.99. The van der Waals surface area contributed by atoms with Crippen molar-refractivity contribution in [2.45, 2.75) is 12.3 Å². The largest absolute Gasteiger partial charge is 0.324 e. The highest BCUT2D eigenvalue weighted by Gasteiger charge is 2.27. The Morgan fingerprint density at radius 2 is 2.04 bits per heavy atom. The Labute approximate surface area is 140 Å². The molecule has 3 aromatic rings. The molecule has 1 saturated heterocycles. The maximum absolute atomic E-state index is 12.5. The van der Waals surface area contributed by atoms with Crippen molar-refractivity contribution >= 4 is 22.8 Å². The first-order chi connectivity index (χ1) is 11.7. The van der Waals surface area contributed by atoms with E-state index in [0.717, 1.165) is 36.2 Å². The van der Waals surface area contributed by atoms with Crippen LogP contribution in [-0.2, 0) is 7.05 Å². The molecule has 6 nitrogen and oxygen atoms in total. The van der Waals surface area contributed by atoms with E-state index in [4.69, 9.17) is 0 Å². The first-order valence-electron chi connectivity index (χ1n) is 8.11. The van der Waals surface area contributed by atoms with E-state index >= 15 is 0 Å². The lowest BCUT2D eigenvalue weighted by atomic mass is 9.99. The molecule has 6 heteroatoms. The third-order valence-electron chi connectivity index (χ3n) is 4.61. The second kappa shape index (κ2) is 5.96. The molecule has 2 aromatic carbocycles. The number of hydrogen-bond acceptors (Lipinski definition) is 3. The number of hydrogen-bond donors (Lipinski definition) is 1. The van der Waals surface area contributed by atoms with E-state index in [1.165, 1.54) is 5.56 Å². The first-order valence-corrected chi connectivity index (χ1v) is 8.11. The lowest BCUT2D eigenvalue weighted by molar-refractivity contribution is 0.222. The zero-order chi connectivity index (χ0) is 16.5. The summed E-state index contributed by atoms with van der Waals surface area (Å²) in [6, 6.07) is 16.0. The first kappa shape index (κ1) is 14.7. The lowest BCUT2D eigenvalue weighted by Crippen LogP contribution is -2.32. The van der Waals surface area contributed by atoms with Crippen LogP contribution in [0.1, 0.15) is 17.9 Å². The SMILES string of the molecule is Cn1nnc2cc(NC(=O)N3CC[C@@H](c4ccccc4)C3)ccc21. The third kappa shape index (κ3) is 2.71. The zero-order valence-electron chi connectivity index (χ0n) is 13.5. The molecule has 1 aliphatic heterocycles. The van der Waals surface area contributed by atoms with Gasteiger partial charge in [-0.3, -0.25) is 0 Å². The molecule has 0 bridgehead atoms. The van der Waals surface area contributed by atoms with Gasteiger partial charge in [-0.25, -0.2) is 9.48 Å². The van der Waals surface area contributed by atoms with Crippen molar-refractivity contribution in [2.75, 3.05) is 18.4 Å². The fourth-order valence-corrected chi connectivity index (χ4v) is 3.26. The molecule has 0 aliphatic carbocycles. The number of aryl methyl sites for hydroxylation is 1. The van der Waals surface area contributed by atoms with Gasteiger partial charge >= 0.3 is 6.03 Å². The Balaban J connectivity index is 1.44. The minimum Gasteiger partial charge on any atom is -0.324 e. The van der Waals surface area contributed by atoms with Gasteiger partial charge in [-0.1, -0.05) is 35.5 Å². The summed E-state index contributed by atoms with van der Waals surface area (Å²) in [5.41, 5.74) is 3.77. The molecule has 1 N–H and O–H groups in total. The summed E-state index contributed by atoms with van der Waals surface area (Å²) in [5, 5.41) is 11.0. The molecule has 1 aromatic heterocycles. The minimum atomic E-state index is -0.0586. The highest BCUT2D eigenvalue weighted by atomic mass is 16.2. The normalized spacial score (nSPS) is 17.4. The number of rotatable bonds is 2. The summed E-state index contributed by atoms with van der Waals surface area (Å²) in [4.78, 5) is 14.4. The van der Waals surface area contributed by atoms with E-state index in [2.05, 4.69) is 27.8 Å². The highest BCUT2D eigenvalue weighted by molar-refractivity contribution is 5.92. The van der Waals surface area contributed by atoms with Gasteiger partial charge in [-0.2, -0.15) is 0 Å². The number of likely N-dealkylation sites (tertiary alicyclic amines) is 1. The van der Waals surface area contributed by atoms with Gasteiger partial charge in [0.15, 0.2) is 0 Å². The molecule has 0 saturated carbocycles. The molecule has 0 unspecified atom stereocenters. The molecule has 4 rings (SSSR count). The Bertz CT molecular complexity index is 874. The van der Waals surface area contributed by atoms with Crippen LogP contribution >= 0.6 is 0 Å². The van der Waals surface area contributed by atoms with E-state index in [-0.39, 0.29) is 6.03 Å². The number of urea groups is 1. The summed E-state index contributed by atoms with van der Waals surface area (Å²) in [6.45, 7) is 1.53. The van der Waals surface area contributed by atoms with E-state index in [9.17, 15) is 4.79 Å². The second-order valence-corrected chi connectivity index (χ2v) is 6.19. The Kier molecular flexibility index (Phi) is 3.65. The van der Waals surface area contributed by atoms with Gasteiger partial charge in [-0.15, -0.1) is 5.10 Å². The summed E-state index contributed by atoms with van der Waals surface area (Å²) in [5.74, 6) is 0.416. The monoisotopic (exact) mass is 321 g/mol. The molecular weight excluding hydrogens is 302 g/mol. The number of aromatic nitrogens is 3. The molecule has 0 radical (unpaired) electrons. The van der Waals surface area contributed by atoms with Gasteiger partial charge in [0.2, 0.25) is 0 Å². The van der Waals surface area contributed by atoms with Crippen molar-refractivity contribution in [3.8, 4) is 0 Å². The van der Waals surface area contributed by atoms with Crippen LogP contribution in [0, 0.1) is 0 Å². The lowest BCUT2D eigenvalue weighted by Gasteiger charge is -2.17. The minimum absolute atomic E-state index is 0.0586. The van der Waals surface area contributed by atoms with E-state index in [0.29, 0.717) is 5.92 Å². The summed E-state index contributed by atoms with van der Waals surface area (Å²) >= 11 is 0. The van der Waals surface area contributed by atoms with Crippen LogP contribution in [0.2, 0.25) is 0 Å². The number of nitrogens with zero attached hydrogens (tertiary/aromatic N) is 4. The smallest absolute Gasteiger partial charge is 0.321 e. The molecule has 0 spiro atoms. The van der Waals surface area contributed by atoms with Crippen LogP contribution in [-0.4, -0.2) is 39.0 Å². The van der Waals surface area contributed by atoms with Crippen molar-refractivity contribution < 1.29 is 4.79 Å². The van der Waals surface area contributed by atoms with Crippen LogP contribution in [0.3, 0.4) is 0 Å². The average molecular weight is 321 g/mol. The molecule has 2 amide bonds. The van der Waals surface area contributed by atoms with Gasteiger partial charge in [0.25, 0.3) is 0 Å². The molecular formula is C18H19N5O. The zero-order valence-corrected chi connectivity index (χ0v) is 13.5. The van der Waals surface area contributed by atoms with Gasteiger partial charge < -0.3 is 10.2 Å². The Morgan fingerprint density at radius 3 is 2.88 bits per heavy atom. The molecule has 122 valence electrons. The van der Waals surface area contributed by atoms with Crippen molar-refractivity contribution in [3.05, 3.63) is 54.1 Å². The third-order valence-corrected chi connectivity index (χ3v) is 4.61. The number of nitrogens with one attached hydrogen (secondary N) is 1. The van der Waals surface area contributed by atoms with Crippen molar-refractivity contribution in [3.63, 3.8) is 0 Å². The van der Waals surface area contributed by atoms with Crippen molar-refractivity contribution in [1.82, 2.24) is 19.9 Å². The Morgan fingerprint density at radius 1 is 1.21 bits per heavy atom. The number of carbonyl (C=O) groups excluding carboxylic acids is 1. The topological polar surface area (TPSA) is 63.1 Å². The molecule has 2 heterocycles. The fraction of sp³-hybridized carbons (Fsp3) is 0.278. The quantitative estimate of drug-likeness (QED) is 0.789. The van der Waals surface area contributed by atoms with Gasteiger partial charge in [0, 0.05) is 31.7 Å². The maximum Gasteiger partial charge on any atom is 0.321 e. The van der Waals surface area contributed by atoms with Gasteiger partial charge in [-0.05, 0) is 30.2 Å². The summed E-state index contributed by atoms with van der Waals surface area (Å²) in [7, 11) is 1.85. The number of amides is 2. The Hall–Kier alpha value is -2.89. The van der Waals surface area contributed by atoms with Crippen LogP contribution in [0.4, 0.5) is 10.5 Å². The average Bonchev–Trinajstić information content (AvgIpc) is 3.23. The molecule has 1 aliphatic rings. The number of carbonyl (C=O) groups is 1. The van der Waals surface area contributed by atoms with Gasteiger partial charge in [0.1, 0.15) is 5.52 Å². The van der Waals surface area contributed by atoms with E-state index in [1.54, 1.807) is 4.68 Å². The summed E-state index contributed by atoms with van der Waals surface area (Å²) < 4.78 is 1.71. The number of fused-ring (bicyclic) bond motifs is 1. The molecule has 1 atom stereocenters. The summed E-state index contributed by atoms with van der Waals surface area (Å²) in [6.07, 6.45) is 1.00. The van der Waals surface area contributed by atoms with Gasteiger partial charge in [0.05, 0.1) is 5.52 Å². The molecule has 24 heavy (non-hydrogen) atoms. The second-order valence-electron chi connectivity index (χ2n) is 6.19. The van der Waals surface area contributed by atoms with Crippen LogP contribution in [0.15, 0.2) is 48.5 Å². The predicted molar refractivity (Wildman–Crippen MR) is 92.9 cm³/mol. The van der Waals surface area contributed by atoms with Crippen molar-refractivity contribution in [2.24, 2.45) is 7.05 Å². The highest BCUT2D eigenvalue weighted by Crippen LogP contribution is 2.27. The van der Waals surface area contributed by atoms with E-state index < -0.39 is 0 Å². The van der Waals surface area contributed by atoms with Crippen LogP contribution < -0.4 is 5.32 Å². The number of benzene rings is 2. The van der Waals surface area contributed by atoms with Crippen molar-refractivity contribution in [1.29, 1.82) is 0 Å². The molecule has 1 fully saturated rings. The van der Waals surface area contributed by atoms with Crippen LogP contribution in [0.5, 0.6) is 0 Å². The van der Waals surface area contributed by atoms with E-state index in [1.807, 2.05) is 48.3 Å². The standard InChI is InChI=1S/C18H19N5O/c1-22-17-8-7-15(11-16(17)20-21-22)19-18(24)23-10-9-14(12-23)13-5-3-2-4-6-13/h2-8,11,14H,9-10,12H2,1H3,(H,19,24)/t14-/m1/s1. The fourth-order valence-electron chi connectivity index (χ4n) is 3.26.